The van der Waals surface area contributed by atoms with Crippen LogP contribution in [0.25, 0.3) is 0 Å². The van der Waals surface area contributed by atoms with E-state index in [-0.39, 0.29) is 18.4 Å². The van der Waals surface area contributed by atoms with Crippen LogP contribution in [0.5, 0.6) is 0 Å². The minimum atomic E-state index is -0.560. The number of nitrogens with zero attached hydrogens (tertiary/aromatic N) is 4. The smallest absolute Gasteiger partial charge is 0.242 e. The lowest BCUT2D eigenvalue weighted by Gasteiger charge is -2.41. The molecule has 0 saturated carbocycles. The largest absolute Gasteiger partial charge is 0.367 e. The first kappa shape index (κ1) is 15.9. The number of carbonyl (C=O) groups excluding carboxylic acids is 2. The number of morpholine rings is 1. The van der Waals surface area contributed by atoms with Gasteiger partial charge in [-0.05, 0) is 6.92 Å². The highest BCUT2D eigenvalue weighted by Crippen LogP contribution is 2.29. The number of hydrogen-bond acceptors (Lipinski definition) is 5. The summed E-state index contributed by atoms with van der Waals surface area (Å²) in [6, 6.07) is 0. The van der Waals surface area contributed by atoms with Gasteiger partial charge in [0.1, 0.15) is 5.60 Å². The van der Waals surface area contributed by atoms with Gasteiger partial charge >= 0.3 is 0 Å². The van der Waals surface area contributed by atoms with Gasteiger partial charge in [0.05, 0.1) is 32.4 Å². The molecule has 126 valence electrons. The maximum atomic E-state index is 12.6. The van der Waals surface area contributed by atoms with E-state index in [1.54, 1.807) is 20.7 Å². The Kier molecular flexibility index (Phi) is 4.36. The summed E-state index contributed by atoms with van der Waals surface area (Å²) < 4.78 is 7.64. The molecular formula is C15H23N5O3. The highest BCUT2D eigenvalue weighted by Gasteiger charge is 2.37. The SMILES string of the molecule is Cn1cc([C@]2(C)CN(C(=O)CN3CCNCC3=O)CCO2)cn1. The molecule has 8 heteroatoms. The van der Waals surface area contributed by atoms with Gasteiger partial charge < -0.3 is 19.9 Å². The Morgan fingerprint density at radius 2 is 2.30 bits per heavy atom. The lowest BCUT2D eigenvalue weighted by Crippen LogP contribution is -2.55. The van der Waals surface area contributed by atoms with E-state index in [4.69, 9.17) is 4.74 Å². The zero-order valence-corrected chi connectivity index (χ0v) is 13.6. The molecule has 23 heavy (non-hydrogen) atoms. The van der Waals surface area contributed by atoms with Crippen LogP contribution in [0.2, 0.25) is 0 Å². The predicted molar refractivity (Wildman–Crippen MR) is 82.5 cm³/mol. The molecule has 2 saturated heterocycles. The Labute approximate surface area is 135 Å². The summed E-state index contributed by atoms with van der Waals surface area (Å²) in [5.74, 6) is -0.0495. The van der Waals surface area contributed by atoms with Crippen molar-refractivity contribution in [1.82, 2.24) is 24.9 Å². The number of rotatable bonds is 3. The molecule has 0 spiro atoms. The summed E-state index contributed by atoms with van der Waals surface area (Å²) in [5, 5.41) is 7.19. The topological polar surface area (TPSA) is 79.7 Å². The van der Waals surface area contributed by atoms with Crippen molar-refractivity contribution in [3.63, 3.8) is 0 Å². The first-order valence-electron chi connectivity index (χ1n) is 7.87. The third kappa shape index (κ3) is 3.37. The van der Waals surface area contributed by atoms with Crippen molar-refractivity contribution in [2.45, 2.75) is 12.5 Å². The predicted octanol–water partition coefficient (Wildman–Crippen LogP) is -1.07. The van der Waals surface area contributed by atoms with Crippen LogP contribution in [0, 0.1) is 0 Å². The van der Waals surface area contributed by atoms with Crippen molar-refractivity contribution < 1.29 is 14.3 Å². The Morgan fingerprint density at radius 1 is 1.48 bits per heavy atom. The summed E-state index contributed by atoms with van der Waals surface area (Å²) >= 11 is 0. The van der Waals surface area contributed by atoms with E-state index >= 15 is 0 Å². The zero-order chi connectivity index (χ0) is 16.4. The lowest BCUT2D eigenvalue weighted by atomic mass is 9.97. The number of ether oxygens (including phenoxy) is 1. The molecule has 1 aromatic rings. The van der Waals surface area contributed by atoms with Crippen LogP contribution in [0.3, 0.4) is 0 Å². The molecule has 0 aromatic carbocycles. The maximum absolute atomic E-state index is 12.6. The molecule has 1 N–H and O–H groups in total. The molecule has 0 aliphatic carbocycles. The lowest BCUT2D eigenvalue weighted by molar-refractivity contribution is -0.153. The van der Waals surface area contributed by atoms with E-state index in [2.05, 4.69) is 10.4 Å². The minimum absolute atomic E-state index is 0.0205. The molecule has 2 aliphatic heterocycles. The Balaban J connectivity index is 1.65. The number of hydrogen-bond donors (Lipinski definition) is 1. The molecule has 0 bridgehead atoms. The van der Waals surface area contributed by atoms with Gasteiger partial charge in [-0.2, -0.15) is 5.10 Å². The van der Waals surface area contributed by atoms with E-state index in [0.717, 1.165) is 12.1 Å². The summed E-state index contributed by atoms with van der Waals surface area (Å²) in [6.07, 6.45) is 3.68. The molecule has 3 rings (SSSR count). The quantitative estimate of drug-likeness (QED) is 0.766. The zero-order valence-electron chi connectivity index (χ0n) is 13.6. The minimum Gasteiger partial charge on any atom is -0.367 e. The van der Waals surface area contributed by atoms with Gasteiger partial charge in [0.2, 0.25) is 11.8 Å². The van der Waals surface area contributed by atoms with E-state index in [1.165, 1.54) is 0 Å². The van der Waals surface area contributed by atoms with Gasteiger partial charge in [-0.1, -0.05) is 0 Å². The summed E-state index contributed by atoms with van der Waals surface area (Å²) in [4.78, 5) is 27.8. The molecular weight excluding hydrogens is 298 g/mol. The van der Waals surface area contributed by atoms with E-state index in [9.17, 15) is 9.59 Å². The number of nitrogens with one attached hydrogen (secondary N) is 1. The molecule has 0 unspecified atom stereocenters. The molecule has 0 radical (unpaired) electrons. The van der Waals surface area contributed by atoms with Crippen molar-refractivity contribution in [3.8, 4) is 0 Å². The standard InChI is InChI=1S/C15H23N5O3/c1-15(12-7-17-18(2)9-12)11-20(5-6-23-15)14(22)10-19-4-3-16-8-13(19)21/h7,9,16H,3-6,8,10-11H2,1-2H3/t15-/m0/s1. The van der Waals surface area contributed by atoms with Crippen LogP contribution < -0.4 is 5.32 Å². The number of amides is 2. The fraction of sp³-hybridized carbons (Fsp3) is 0.667. The monoisotopic (exact) mass is 321 g/mol. The van der Waals surface area contributed by atoms with Crippen molar-refractivity contribution in [2.24, 2.45) is 7.05 Å². The van der Waals surface area contributed by atoms with Crippen LogP contribution in [-0.2, 0) is 27.0 Å². The van der Waals surface area contributed by atoms with Crippen LogP contribution in [0.4, 0.5) is 0 Å². The number of aromatic nitrogens is 2. The van der Waals surface area contributed by atoms with Gasteiger partial charge in [0.25, 0.3) is 0 Å². The van der Waals surface area contributed by atoms with Gasteiger partial charge in [-0.15, -0.1) is 0 Å². The van der Waals surface area contributed by atoms with Gasteiger partial charge in [0.15, 0.2) is 0 Å². The first-order chi connectivity index (χ1) is 11.0. The van der Waals surface area contributed by atoms with Crippen LogP contribution in [0.15, 0.2) is 12.4 Å². The summed E-state index contributed by atoms with van der Waals surface area (Å²) in [6.45, 7) is 5.23. The molecule has 2 amide bonds. The molecule has 3 heterocycles. The second-order valence-electron chi connectivity index (χ2n) is 6.29. The van der Waals surface area contributed by atoms with Crippen molar-refractivity contribution in [1.29, 1.82) is 0 Å². The second-order valence-corrected chi connectivity index (χ2v) is 6.29. The average Bonchev–Trinajstić information content (AvgIpc) is 2.97. The Morgan fingerprint density at radius 3 is 3.00 bits per heavy atom. The van der Waals surface area contributed by atoms with Gasteiger partial charge in [-0.3, -0.25) is 14.3 Å². The van der Waals surface area contributed by atoms with Crippen molar-refractivity contribution in [2.75, 3.05) is 45.9 Å². The first-order valence-corrected chi connectivity index (χ1v) is 7.87. The molecule has 8 nitrogen and oxygen atoms in total. The molecule has 2 fully saturated rings. The van der Waals surface area contributed by atoms with Crippen molar-refractivity contribution >= 4 is 11.8 Å². The fourth-order valence-electron chi connectivity index (χ4n) is 3.03. The molecule has 1 atom stereocenters. The van der Waals surface area contributed by atoms with E-state index < -0.39 is 5.60 Å². The summed E-state index contributed by atoms with van der Waals surface area (Å²) in [7, 11) is 1.86. The number of piperazine rings is 1. The van der Waals surface area contributed by atoms with E-state index in [0.29, 0.717) is 32.8 Å². The Hall–Kier alpha value is -1.93. The van der Waals surface area contributed by atoms with Crippen LogP contribution >= 0.6 is 0 Å². The third-order valence-corrected chi connectivity index (χ3v) is 4.46. The third-order valence-electron chi connectivity index (χ3n) is 4.46. The van der Waals surface area contributed by atoms with Crippen LogP contribution in [0.1, 0.15) is 12.5 Å². The van der Waals surface area contributed by atoms with Gasteiger partial charge in [-0.25, -0.2) is 0 Å². The highest BCUT2D eigenvalue weighted by atomic mass is 16.5. The summed E-state index contributed by atoms with van der Waals surface area (Å²) in [5.41, 5.74) is 0.395. The average molecular weight is 321 g/mol. The Bertz CT molecular complexity index is 602. The van der Waals surface area contributed by atoms with Crippen molar-refractivity contribution in [3.05, 3.63) is 18.0 Å². The maximum Gasteiger partial charge on any atom is 0.242 e. The van der Waals surface area contributed by atoms with Gasteiger partial charge in [0, 0.05) is 38.4 Å². The number of carbonyl (C=O) groups is 2. The van der Waals surface area contributed by atoms with E-state index in [1.807, 2.05) is 20.2 Å². The normalized spacial score (nSPS) is 25.7. The highest BCUT2D eigenvalue weighted by molar-refractivity contribution is 5.86. The number of aryl methyl sites for hydroxylation is 1. The fourth-order valence-corrected chi connectivity index (χ4v) is 3.03. The second kappa shape index (κ2) is 6.29. The molecule has 2 aliphatic rings. The van der Waals surface area contributed by atoms with Crippen LogP contribution in [-0.4, -0.2) is 77.3 Å². The molecule has 1 aromatic heterocycles.